The molecule has 0 aliphatic carbocycles. The Labute approximate surface area is 184 Å². The van der Waals surface area contributed by atoms with Gasteiger partial charge in [0.15, 0.2) is 6.61 Å². The maximum Gasteiger partial charge on any atom is 0.262 e. The van der Waals surface area contributed by atoms with Crippen LogP contribution in [0.15, 0.2) is 60.7 Å². The lowest BCUT2D eigenvalue weighted by Crippen LogP contribution is -2.20. The molecule has 2 N–H and O–H groups in total. The predicted molar refractivity (Wildman–Crippen MR) is 121 cm³/mol. The lowest BCUT2D eigenvalue weighted by molar-refractivity contribution is -0.118. The van der Waals surface area contributed by atoms with Crippen molar-refractivity contribution in [2.75, 3.05) is 17.2 Å². The number of hydrogen-bond acceptors (Lipinski definition) is 3. The fourth-order valence-corrected chi connectivity index (χ4v) is 3.22. The van der Waals surface area contributed by atoms with Crippen molar-refractivity contribution in [2.24, 2.45) is 0 Å². The second-order valence-corrected chi connectivity index (χ2v) is 7.62. The first-order valence-corrected chi connectivity index (χ1v) is 10.0. The van der Waals surface area contributed by atoms with Gasteiger partial charge >= 0.3 is 0 Å². The third-order valence-corrected chi connectivity index (χ3v) is 5.20. The molecule has 0 atom stereocenters. The Balaban J connectivity index is 1.54. The first kappa shape index (κ1) is 21.3. The number of para-hydroxylation sites is 1. The highest BCUT2D eigenvalue weighted by molar-refractivity contribution is 6.33. The van der Waals surface area contributed by atoms with Gasteiger partial charge in [0.25, 0.3) is 5.91 Å². The number of benzene rings is 3. The van der Waals surface area contributed by atoms with Crippen LogP contribution in [0.3, 0.4) is 0 Å². The van der Waals surface area contributed by atoms with E-state index in [-0.39, 0.29) is 12.5 Å². The largest absolute Gasteiger partial charge is 0.482 e. The van der Waals surface area contributed by atoms with Gasteiger partial charge in [-0.05, 0) is 54.4 Å². The molecule has 0 bridgehead atoms. The fraction of sp³-hybridized carbons (Fsp3) is 0.136. The number of nitrogens with one attached hydrogen (secondary N) is 2. The monoisotopic (exact) mass is 448 g/mol. The van der Waals surface area contributed by atoms with Gasteiger partial charge in [-0.25, -0.2) is 0 Å². The molecule has 0 fully saturated rings. The van der Waals surface area contributed by atoms with Crippen molar-refractivity contribution in [1.82, 2.24) is 0 Å². The molecule has 7 heteroatoms. The summed E-state index contributed by atoms with van der Waals surface area (Å²) < 4.78 is 5.54. The molecule has 0 aliphatic rings. The lowest BCUT2D eigenvalue weighted by atomic mass is 10.2. The minimum absolute atomic E-state index is 0.164. The smallest absolute Gasteiger partial charge is 0.262 e. The molecule has 0 aliphatic heterocycles. The normalized spacial score (nSPS) is 10.5. The molecule has 0 heterocycles. The van der Waals surface area contributed by atoms with E-state index in [4.69, 9.17) is 39.5 Å². The molecule has 3 rings (SSSR count). The van der Waals surface area contributed by atoms with Crippen molar-refractivity contribution in [3.63, 3.8) is 0 Å². The second kappa shape index (κ2) is 9.88. The second-order valence-electron chi connectivity index (χ2n) is 6.40. The predicted octanol–water partition coefficient (Wildman–Crippen LogP) is 6.58. The number of rotatable bonds is 7. The van der Waals surface area contributed by atoms with E-state index in [0.29, 0.717) is 33.0 Å². The van der Waals surface area contributed by atoms with Crippen molar-refractivity contribution in [2.45, 2.75) is 13.5 Å². The van der Waals surface area contributed by atoms with Gasteiger partial charge in [0, 0.05) is 17.3 Å². The summed E-state index contributed by atoms with van der Waals surface area (Å²) in [5.41, 5.74) is 3.36. The maximum absolute atomic E-state index is 12.1. The molecule has 0 saturated heterocycles. The van der Waals surface area contributed by atoms with Gasteiger partial charge in [0.1, 0.15) is 5.75 Å². The molecule has 0 unspecified atom stereocenters. The zero-order valence-electron chi connectivity index (χ0n) is 15.6. The molecular formula is C22H19Cl3N2O2. The summed E-state index contributed by atoms with van der Waals surface area (Å²) in [6, 6.07) is 18.2. The molecule has 0 radical (unpaired) electrons. The van der Waals surface area contributed by atoms with Gasteiger partial charge in [-0.1, -0.05) is 59.1 Å². The van der Waals surface area contributed by atoms with Crippen molar-refractivity contribution in [3.8, 4) is 5.75 Å². The maximum atomic E-state index is 12.1. The van der Waals surface area contributed by atoms with Gasteiger partial charge in [-0.15, -0.1) is 0 Å². The molecule has 3 aromatic carbocycles. The highest BCUT2D eigenvalue weighted by atomic mass is 35.5. The number of ether oxygens (including phenoxy) is 1. The molecule has 150 valence electrons. The lowest BCUT2D eigenvalue weighted by Gasteiger charge is -2.12. The zero-order valence-corrected chi connectivity index (χ0v) is 17.9. The Hall–Kier alpha value is -2.40. The van der Waals surface area contributed by atoms with Gasteiger partial charge < -0.3 is 15.4 Å². The zero-order chi connectivity index (χ0) is 20.8. The number of aryl methyl sites for hydroxylation is 1. The molecule has 29 heavy (non-hydrogen) atoms. The third-order valence-electron chi connectivity index (χ3n) is 4.17. The van der Waals surface area contributed by atoms with Gasteiger partial charge in [0.2, 0.25) is 0 Å². The topological polar surface area (TPSA) is 50.4 Å². The summed E-state index contributed by atoms with van der Waals surface area (Å²) >= 11 is 18.5. The summed E-state index contributed by atoms with van der Waals surface area (Å²) in [4.78, 5) is 12.1. The number of hydrogen-bond donors (Lipinski definition) is 2. The van der Waals surface area contributed by atoms with Gasteiger partial charge in [0.05, 0.1) is 15.7 Å². The fourth-order valence-electron chi connectivity index (χ4n) is 2.58. The van der Waals surface area contributed by atoms with E-state index in [2.05, 4.69) is 10.6 Å². The van der Waals surface area contributed by atoms with Crippen LogP contribution in [0.25, 0.3) is 0 Å². The first-order chi connectivity index (χ1) is 13.9. The molecular weight excluding hydrogens is 431 g/mol. The van der Waals surface area contributed by atoms with Crippen LogP contribution in [0.4, 0.5) is 11.4 Å². The standard InChI is InChI=1S/C22H19Cl3N2O2/c1-14-6-8-16(11-18(14)24)27-22(28)13-29-21-9-7-15(10-19(21)25)12-26-20-5-3-2-4-17(20)23/h2-11,26H,12-13H2,1H3,(H,27,28). The number of carbonyl (C=O) groups excluding carboxylic acids is 1. The molecule has 0 aromatic heterocycles. The van der Waals surface area contributed by atoms with Crippen LogP contribution in [0.1, 0.15) is 11.1 Å². The van der Waals surface area contributed by atoms with Gasteiger partial charge in [-0.3, -0.25) is 4.79 Å². The minimum atomic E-state index is -0.301. The Morgan fingerprint density at radius 2 is 1.72 bits per heavy atom. The number of carbonyl (C=O) groups is 1. The molecule has 4 nitrogen and oxygen atoms in total. The van der Waals surface area contributed by atoms with E-state index in [1.54, 1.807) is 24.3 Å². The highest BCUT2D eigenvalue weighted by Crippen LogP contribution is 2.27. The van der Waals surface area contributed by atoms with Crippen LogP contribution >= 0.6 is 34.8 Å². The van der Waals surface area contributed by atoms with E-state index in [9.17, 15) is 4.79 Å². The first-order valence-electron chi connectivity index (χ1n) is 8.88. The van der Waals surface area contributed by atoms with E-state index < -0.39 is 0 Å². The van der Waals surface area contributed by atoms with Crippen LogP contribution in [0.5, 0.6) is 5.75 Å². The Bertz CT molecular complexity index is 1020. The van der Waals surface area contributed by atoms with E-state index >= 15 is 0 Å². The Kier molecular flexibility index (Phi) is 7.26. The van der Waals surface area contributed by atoms with Crippen LogP contribution < -0.4 is 15.4 Å². The van der Waals surface area contributed by atoms with Crippen molar-refractivity contribution < 1.29 is 9.53 Å². The molecule has 3 aromatic rings. The number of amides is 1. The summed E-state index contributed by atoms with van der Waals surface area (Å²) in [6.07, 6.45) is 0. The molecule has 1 amide bonds. The quantitative estimate of drug-likeness (QED) is 0.428. The SMILES string of the molecule is Cc1ccc(NC(=O)COc2ccc(CNc3ccccc3Cl)cc2Cl)cc1Cl. The highest BCUT2D eigenvalue weighted by Gasteiger charge is 2.09. The van der Waals surface area contributed by atoms with E-state index in [0.717, 1.165) is 16.8 Å². The van der Waals surface area contributed by atoms with Crippen molar-refractivity contribution in [1.29, 1.82) is 0 Å². The van der Waals surface area contributed by atoms with Crippen LogP contribution in [-0.2, 0) is 11.3 Å². The van der Waals surface area contributed by atoms with Crippen LogP contribution in [0.2, 0.25) is 15.1 Å². The average Bonchev–Trinajstić information content (AvgIpc) is 2.69. The Morgan fingerprint density at radius 3 is 2.45 bits per heavy atom. The van der Waals surface area contributed by atoms with Crippen molar-refractivity contribution in [3.05, 3.63) is 86.9 Å². The van der Waals surface area contributed by atoms with Crippen molar-refractivity contribution >= 4 is 52.1 Å². The van der Waals surface area contributed by atoms with E-state index in [1.165, 1.54) is 0 Å². The van der Waals surface area contributed by atoms with Gasteiger partial charge in [-0.2, -0.15) is 0 Å². The molecule has 0 saturated carbocycles. The van der Waals surface area contributed by atoms with Crippen LogP contribution in [-0.4, -0.2) is 12.5 Å². The number of halogens is 3. The Morgan fingerprint density at radius 1 is 0.931 bits per heavy atom. The minimum Gasteiger partial charge on any atom is -0.482 e. The van der Waals surface area contributed by atoms with Crippen LogP contribution in [0, 0.1) is 6.92 Å². The number of anilines is 2. The average molecular weight is 450 g/mol. The summed E-state index contributed by atoms with van der Waals surface area (Å²) in [5.74, 6) is 0.135. The third kappa shape index (κ3) is 6.04. The summed E-state index contributed by atoms with van der Waals surface area (Å²) in [7, 11) is 0. The molecule has 0 spiro atoms. The summed E-state index contributed by atoms with van der Waals surface area (Å²) in [5, 5.41) is 7.66. The van der Waals surface area contributed by atoms with E-state index in [1.807, 2.05) is 43.3 Å². The summed E-state index contributed by atoms with van der Waals surface area (Å²) in [6.45, 7) is 2.29.